The van der Waals surface area contributed by atoms with Gasteiger partial charge in [-0.2, -0.15) is 13.0 Å². The van der Waals surface area contributed by atoms with Crippen molar-refractivity contribution in [2.75, 3.05) is 5.73 Å². The van der Waals surface area contributed by atoms with Crippen molar-refractivity contribution in [3.63, 3.8) is 0 Å². The third-order valence-corrected chi connectivity index (χ3v) is 2.12. The summed E-state index contributed by atoms with van der Waals surface area (Å²) in [5, 5.41) is 4.31. The Kier molecular flexibility index (Phi) is 1.53. The van der Waals surface area contributed by atoms with Gasteiger partial charge >= 0.3 is 0 Å². The van der Waals surface area contributed by atoms with Gasteiger partial charge in [-0.3, -0.25) is 9.78 Å². The molecule has 0 aliphatic carbocycles. The van der Waals surface area contributed by atoms with Crippen molar-refractivity contribution in [1.29, 1.82) is 0 Å². The molecule has 0 saturated heterocycles. The summed E-state index contributed by atoms with van der Waals surface area (Å²) >= 11 is 1.92. The van der Waals surface area contributed by atoms with Gasteiger partial charge in [0.2, 0.25) is 5.95 Å². The average Bonchev–Trinajstić information content (AvgIpc) is 2.33. The highest BCUT2D eigenvalue weighted by Crippen LogP contribution is 2.08. The van der Waals surface area contributed by atoms with E-state index in [1.165, 1.54) is 9.09 Å². The highest BCUT2D eigenvalue weighted by Gasteiger charge is 2.05. The number of aromatic nitrogens is 4. The van der Waals surface area contributed by atoms with Crippen LogP contribution in [-0.2, 0) is 0 Å². The predicted octanol–water partition coefficient (Wildman–Crippen LogP) is -0.100. The summed E-state index contributed by atoms with van der Waals surface area (Å²) in [6.07, 6.45) is 1.45. The lowest BCUT2D eigenvalue weighted by molar-refractivity contribution is 1.06. The van der Waals surface area contributed by atoms with Crippen LogP contribution in [0.25, 0.3) is 11.0 Å². The number of hydrogen-bond acceptors (Lipinski definition) is 4. The quantitative estimate of drug-likeness (QED) is 0.658. The van der Waals surface area contributed by atoms with Crippen molar-refractivity contribution in [2.24, 2.45) is 0 Å². The first kappa shape index (κ1) is 7.53. The number of hydrogen-bond donors (Lipinski definition) is 2. The molecule has 0 spiro atoms. The van der Waals surface area contributed by atoms with Crippen LogP contribution in [0.4, 0.5) is 5.95 Å². The van der Waals surface area contributed by atoms with Gasteiger partial charge in [-0.15, -0.1) is 0 Å². The predicted molar refractivity (Wildman–Crippen MR) is 52.0 cm³/mol. The molecule has 0 unspecified atom stereocenters. The number of rotatable bonds is 0. The first-order chi connectivity index (χ1) is 5.68. The Morgan fingerprint density at radius 2 is 2.42 bits per heavy atom. The molecule has 0 fully saturated rings. The van der Waals surface area contributed by atoms with Crippen molar-refractivity contribution >= 4 is 39.8 Å². The summed E-state index contributed by atoms with van der Waals surface area (Å²) in [5.41, 5.74) is 5.56. The zero-order chi connectivity index (χ0) is 8.72. The third-order valence-electron chi connectivity index (χ3n) is 1.42. The molecule has 3 N–H and O–H groups in total. The van der Waals surface area contributed by atoms with Gasteiger partial charge in [0.1, 0.15) is 5.39 Å². The van der Waals surface area contributed by atoms with E-state index in [1.807, 2.05) is 22.9 Å². The molecule has 2 rings (SSSR count). The lowest BCUT2D eigenvalue weighted by atomic mass is 10.4. The van der Waals surface area contributed by atoms with Crippen LogP contribution >= 0.6 is 22.9 Å². The molecule has 0 aromatic carbocycles. The lowest BCUT2D eigenvalue weighted by Crippen LogP contribution is -2.10. The highest BCUT2D eigenvalue weighted by molar-refractivity contribution is 14.1. The number of H-pyrrole nitrogens is 1. The number of anilines is 1. The van der Waals surface area contributed by atoms with Gasteiger partial charge in [-0.1, -0.05) is 0 Å². The number of nitrogens with two attached hydrogens (primary N) is 1. The van der Waals surface area contributed by atoms with E-state index in [4.69, 9.17) is 5.73 Å². The van der Waals surface area contributed by atoms with Gasteiger partial charge in [0.15, 0.2) is 5.65 Å². The Morgan fingerprint density at radius 1 is 1.67 bits per heavy atom. The van der Waals surface area contributed by atoms with Crippen LogP contribution in [0.15, 0.2) is 11.0 Å². The Morgan fingerprint density at radius 3 is 3.17 bits per heavy atom. The Balaban J connectivity index is 3.03. The van der Waals surface area contributed by atoms with Crippen molar-refractivity contribution in [2.45, 2.75) is 0 Å². The molecule has 0 atom stereocenters. The molecule has 0 aliphatic heterocycles. The monoisotopic (exact) mass is 277 g/mol. The minimum atomic E-state index is -0.264. The Bertz CT molecular complexity index is 486. The number of nitrogen functional groups attached to an aromatic ring is 1. The fourth-order valence-electron chi connectivity index (χ4n) is 0.908. The fourth-order valence-corrected chi connectivity index (χ4v) is 1.40. The Hall–Kier alpha value is -1.12. The SMILES string of the molecule is Nc1nc2c(cnn2I)c(=O)[nH]1. The second-order valence-corrected chi connectivity index (χ2v) is 3.11. The number of halogens is 1. The van der Waals surface area contributed by atoms with E-state index in [9.17, 15) is 4.79 Å². The molecule has 6 nitrogen and oxygen atoms in total. The van der Waals surface area contributed by atoms with Crippen LogP contribution < -0.4 is 11.3 Å². The van der Waals surface area contributed by atoms with Crippen LogP contribution in [-0.4, -0.2) is 18.0 Å². The smallest absolute Gasteiger partial charge is 0.263 e. The molecule has 0 aliphatic rings. The largest absolute Gasteiger partial charge is 0.369 e. The molecule has 2 heterocycles. The van der Waals surface area contributed by atoms with E-state index < -0.39 is 0 Å². The van der Waals surface area contributed by atoms with Gasteiger partial charge in [-0.25, -0.2) is 0 Å². The number of nitrogens with one attached hydrogen (secondary N) is 1. The summed E-state index contributed by atoms with van der Waals surface area (Å²) in [6.45, 7) is 0. The summed E-state index contributed by atoms with van der Waals surface area (Å²) in [5.74, 6) is 0.103. The van der Waals surface area contributed by atoms with Gasteiger partial charge < -0.3 is 5.73 Å². The van der Waals surface area contributed by atoms with Crippen LogP contribution in [0.2, 0.25) is 0 Å². The van der Waals surface area contributed by atoms with Crippen molar-refractivity contribution in [3.05, 3.63) is 16.6 Å². The van der Waals surface area contributed by atoms with Crippen molar-refractivity contribution < 1.29 is 0 Å². The fraction of sp³-hybridized carbons (Fsp3) is 0. The second-order valence-electron chi connectivity index (χ2n) is 2.19. The number of aromatic amines is 1. The molecular formula is C5H4IN5O. The van der Waals surface area contributed by atoms with Crippen LogP contribution in [0.5, 0.6) is 0 Å². The van der Waals surface area contributed by atoms with Crippen LogP contribution in [0.3, 0.4) is 0 Å². The van der Waals surface area contributed by atoms with Gasteiger partial charge in [0.05, 0.1) is 29.1 Å². The Labute approximate surface area is 80.3 Å². The first-order valence-electron chi connectivity index (χ1n) is 3.08. The normalized spacial score (nSPS) is 10.8. The van der Waals surface area contributed by atoms with Crippen molar-refractivity contribution in [3.8, 4) is 0 Å². The molecule has 0 bridgehead atoms. The lowest BCUT2D eigenvalue weighted by Gasteiger charge is -1.92. The van der Waals surface area contributed by atoms with E-state index in [1.54, 1.807) is 0 Å². The van der Waals surface area contributed by atoms with E-state index in [0.717, 1.165) is 0 Å². The summed E-state index contributed by atoms with van der Waals surface area (Å²) in [4.78, 5) is 17.5. The van der Waals surface area contributed by atoms with Crippen LogP contribution in [0.1, 0.15) is 0 Å². The third kappa shape index (κ3) is 0.967. The second kappa shape index (κ2) is 2.44. The van der Waals surface area contributed by atoms with Gasteiger partial charge in [-0.05, 0) is 0 Å². The molecule has 7 heteroatoms. The first-order valence-corrected chi connectivity index (χ1v) is 4.04. The van der Waals surface area contributed by atoms with E-state index in [0.29, 0.717) is 11.0 Å². The maximum absolute atomic E-state index is 11.2. The molecule has 0 radical (unpaired) electrons. The number of nitrogens with zero attached hydrogens (tertiary/aromatic N) is 3. The molecule has 2 aromatic heterocycles. The maximum Gasteiger partial charge on any atom is 0.263 e. The topological polar surface area (TPSA) is 89.6 Å². The zero-order valence-electron chi connectivity index (χ0n) is 5.78. The van der Waals surface area contributed by atoms with Gasteiger partial charge in [0.25, 0.3) is 5.56 Å². The summed E-state index contributed by atoms with van der Waals surface area (Å²) in [6, 6.07) is 0. The van der Waals surface area contributed by atoms with Crippen molar-refractivity contribution in [1.82, 2.24) is 18.0 Å². The summed E-state index contributed by atoms with van der Waals surface area (Å²) < 4.78 is 1.47. The zero-order valence-corrected chi connectivity index (χ0v) is 7.94. The minimum absolute atomic E-state index is 0.103. The molecule has 0 amide bonds. The minimum Gasteiger partial charge on any atom is -0.369 e. The molecule has 12 heavy (non-hydrogen) atoms. The van der Waals surface area contributed by atoms with E-state index >= 15 is 0 Å². The van der Waals surface area contributed by atoms with Gasteiger partial charge in [0, 0.05) is 0 Å². The standard InChI is InChI=1S/C5H4IN5O/c6-11-3-2(1-8-11)4(12)10-5(7)9-3/h1H,(H3,7,9,10,12). The number of fused-ring (bicyclic) bond motifs is 1. The molecule has 62 valence electrons. The maximum atomic E-state index is 11.2. The molecular weight excluding hydrogens is 273 g/mol. The molecule has 2 aromatic rings. The summed E-state index contributed by atoms with van der Waals surface area (Å²) in [7, 11) is 0. The highest BCUT2D eigenvalue weighted by atomic mass is 127. The average molecular weight is 277 g/mol. The van der Waals surface area contributed by atoms with E-state index in [2.05, 4.69) is 15.1 Å². The van der Waals surface area contributed by atoms with Crippen LogP contribution in [0, 0.1) is 0 Å². The van der Waals surface area contributed by atoms with E-state index in [-0.39, 0.29) is 11.5 Å². The molecule has 0 saturated carbocycles.